The van der Waals surface area contributed by atoms with Crippen LogP contribution < -0.4 is 5.32 Å². The second-order valence-corrected chi connectivity index (χ2v) is 6.46. The Balaban J connectivity index is 1.73. The van der Waals surface area contributed by atoms with Crippen LogP contribution in [0.3, 0.4) is 0 Å². The second kappa shape index (κ2) is 6.88. The Morgan fingerprint density at radius 2 is 1.74 bits per heavy atom. The molecule has 0 atom stereocenters. The molecule has 1 N–H and O–H groups in total. The molecule has 0 aliphatic rings. The van der Waals surface area contributed by atoms with E-state index < -0.39 is 0 Å². The maximum absolute atomic E-state index is 6.16. The first-order valence-electron chi connectivity index (χ1n) is 7.07. The molecule has 1 heterocycles. The molecule has 0 saturated heterocycles. The molecular weight excluding hydrogens is 353 g/mol. The summed E-state index contributed by atoms with van der Waals surface area (Å²) >= 11 is 18.2. The zero-order valence-corrected chi connectivity index (χ0v) is 14.6. The number of furan rings is 1. The van der Waals surface area contributed by atoms with E-state index in [2.05, 4.69) is 5.32 Å². The lowest BCUT2D eigenvalue weighted by Crippen LogP contribution is -1.98. The Bertz CT molecular complexity index is 842. The van der Waals surface area contributed by atoms with E-state index in [1.54, 1.807) is 12.1 Å². The largest absolute Gasteiger partial charge is 0.459 e. The molecule has 0 fully saturated rings. The molecule has 0 aliphatic carbocycles. The van der Waals surface area contributed by atoms with E-state index in [0.717, 1.165) is 33.4 Å². The Kier molecular flexibility index (Phi) is 4.86. The molecule has 5 heteroatoms. The minimum absolute atomic E-state index is 0.529. The van der Waals surface area contributed by atoms with Gasteiger partial charge in [-0.05, 0) is 48.9 Å². The molecule has 0 spiro atoms. The van der Waals surface area contributed by atoms with Gasteiger partial charge in [-0.25, -0.2) is 0 Å². The van der Waals surface area contributed by atoms with E-state index in [-0.39, 0.29) is 0 Å². The van der Waals surface area contributed by atoms with Gasteiger partial charge in [0.2, 0.25) is 0 Å². The van der Waals surface area contributed by atoms with Gasteiger partial charge in [0.1, 0.15) is 11.5 Å². The first-order valence-corrected chi connectivity index (χ1v) is 8.20. The maximum atomic E-state index is 6.16. The third-order valence-corrected chi connectivity index (χ3v) is 4.46. The van der Waals surface area contributed by atoms with Crippen LogP contribution in [0.15, 0.2) is 52.9 Å². The predicted molar refractivity (Wildman–Crippen MR) is 97.7 cm³/mol. The molecule has 0 bridgehead atoms. The molecule has 1 aromatic heterocycles. The molecule has 2 aromatic carbocycles. The van der Waals surface area contributed by atoms with Crippen LogP contribution in [0.1, 0.15) is 11.3 Å². The van der Waals surface area contributed by atoms with Crippen molar-refractivity contribution in [2.24, 2.45) is 0 Å². The van der Waals surface area contributed by atoms with Crippen molar-refractivity contribution in [2.75, 3.05) is 5.32 Å². The average molecular weight is 367 g/mol. The van der Waals surface area contributed by atoms with Gasteiger partial charge in [-0.1, -0.05) is 46.9 Å². The van der Waals surface area contributed by atoms with Crippen LogP contribution in [0.2, 0.25) is 15.1 Å². The highest BCUT2D eigenvalue weighted by molar-refractivity contribution is 6.36. The highest BCUT2D eigenvalue weighted by atomic mass is 35.5. The number of anilines is 1. The van der Waals surface area contributed by atoms with Crippen LogP contribution in [0.5, 0.6) is 0 Å². The molecule has 23 heavy (non-hydrogen) atoms. The lowest BCUT2D eigenvalue weighted by molar-refractivity contribution is 0.531. The SMILES string of the molecule is Cc1ccc(-c2ccc(CNc3ccc(Cl)cc3Cl)o2)cc1Cl. The highest BCUT2D eigenvalue weighted by Gasteiger charge is 2.07. The van der Waals surface area contributed by atoms with E-state index >= 15 is 0 Å². The van der Waals surface area contributed by atoms with Gasteiger partial charge in [-0.15, -0.1) is 0 Å². The van der Waals surface area contributed by atoms with Crippen molar-refractivity contribution < 1.29 is 4.42 Å². The van der Waals surface area contributed by atoms with Crippen molar-refractivity contribution in [2.45, 2.75) is 13.5 Å². The van der Waals surface area contributed by atoms with Crippen molar-refractivity contribution in [3.8, 4) is 11.3 Å². The van der Waals surface area contributed by atoms with E-state index in [0.29, 0.717) is 16.6 Å². The van der Waals surface area contributed by atoms with Gasteiger partial charge in [0, 0.05) is 15.6 Å². The van der Waals surface area contributed by atoms with Crippen LogP contribution in [0.25, 0.3) is 11.3 Å². The smallest absolute Gasteiger partial charge is 0.134 e. The van der Waals surface area contributed by atoms with Crippen LogP contribution in [-0.2, 0) is 6.54 Å². The van der Waals surface area contributed by atoms with Crippen molar-refractivity contribution >= 4 is 40.5 Å². The molecule has 0 aliphatic heterocycles. The van der Waals surface area contributed by atoms with E-state index in [9.17, 15) is 0 Å². The van der Waals surface area contributed by atoms with Crippen molar-refractivity contribution in [3.63, 3.8) is 0 Å². The summed E-state index contributed by atoms with van der Waals surface area (Å²) in [6, 6.07) is 15.1. The van der Waals surface area contributed by atoms with E-state index in [4.69, 9.17) is 39.2 Å². The van der Waals surface area contributed by atoms with Crippen LogP contribution in [0, 0.1) is 6.92 Å². The number of nitrogens with one attached hydrogen (secondary N) is 1. The van der Waals surface area contributed by atoms with Gasteiger partial charge in [0.25, 0.3) is 0 Å². The van der Waals surface area contributed by atoms with Crippen molar-refractivity contribution in [1.82, 2.24) is 0 Å². The summed E-state index contributed by atoms with van der Waals surface area (Å²) in [4.78, 5) is 0. The normalized spacial score (nSPS) is 10.8. The summed E-state index contributed by atoms with van der Waals surface area (Å²) in [7, 11) is 0. The summed E-state index contributed by atoms with van der Waals surface area (Å²) in [5, 5.41) is 5.15. The van der Waals surface area contributed by atoms with Crippen LogP contribution >= 0.6 is 34.8 Å². The minimum Gasteiger partial charge on any atom is -0.459 e. The van der Waals surface area contributed by atoms with Gasteiger partial charge in [-0.2, -0.15) is 0 Å². The van der Waals surface area contributed by atoms with Gasteiger partial charge < -0.3 is 9.73 Å². The minimum atomic E-state index is 0.529. The van der Waals surface area contributed by atoms with Gasteiger partial charge in [0.15, 0.2) is 0 Å². The number of halogens is 3. The fourth-order valence-electron chi connectivity index (χ4n) is 2.19. The summed E-state index contributed by atoms with van der Waals surface area (Å²) in [5.74, 6) is 1.59. The van der Waals surface area contributed by atoms with Gasteiger partial charge in [-0.3, -0.25) is 0 Å². The topological polar surface area (TPSA) is 25.2 Å². The summed E-state index contributed by atoms with van der Waals surface area (Å²) in [6.07, 6.45) is 0. The first kappa shape index (κ1) is 16.3. The van der Waals surface area contributed by atoms with E-state index in [1.165, 1.54) is 0 Å². The zero-order valence-electron chi connectivity index (χ0n) is 12.4. The predicted octanol–water partition coefficient (Wildman–Crippen LogP) is 6.83. The Labute approximate surface area is 150 Å². The molecular formula is C18H14Cl3NO. The van der Waals surface area contributed by atoms with E-state index in [1.807, 2.05) is 43.3 Å². The lowest BCUT2D eigenvalue weighted by Gasteiger charge is -2.07. The van der Waals surface area contributed by atoms with Gasteiger partial charge >= 0.3 is 0 Å². The quantitative estimate of drug-likeness (QED) is 0.547. The summed E-state index contributed by atoms with van der Waals surface area (Å²) < 4.78 is 5.86. The Hall–Kier alpha value is -1.61. The first-order chi connectivity index (χ1) is 11.0. The molecule has 0 unspecified atom stereocenters. The average Bonchev–Trinajstić information content (AvgIpc) is 2.98. The van der Waals surface area contributed by atoms with Crippen LogP contribution in [-0.4, -0.2) is 0 Å². The lowest BCUT2D eigenvalue weighted by atomic mass is 10.1. The van der Waals surface area contributed by atoms with Crippen LogP contribution in [0.4, 0.5) is 5.69 Å². The van der Waals surface area contributed by atoms with Crippen molar-refractivity contribution in [3.05, 3.63) is 74.9 Å². The Morgan fingerprint density at radius 1 is 0.913 bits per heavy atom. The fraction of sp³-hybridized carbons (Fsp3) is 0.111. The summed E-state index contributed by atoms with van der Waals surface area (Å²) in [6.45, 7) is 2.50. The fourth-order valence-corrected chi connectivity index (χ4v) is 2.85. The summed E-state index contributed by atoms with van der Waals surface area (Å²) in [5.41, 5.74) is 2.81. The number of hydrogen-bond donors (Lipinski definition) is 1. The third kappa shape index (κ3) is 3.84. The highest BCUT2D eigenvalue weighted by Crippen LogP contribution is 2.28. The number of benzene rings is 2. The van der Waals surface area contributed by atoms with Crippen molar-refractivity contribution in [1.29, 1.82) is 0 Å². The maximum Gasteiger partial charge on any atom is 0.134 e. The standard InChI is InChI=1S/C18H14Cl3NO/c1-11-2-3-12(8-15(11)20)18-7-5-14(23-18)10-22-17-6-4-13(19)9-16(17)21/h2-9,22H,10H2,1H3. The molecule has 0 radical (unpaired) electrons. The molecule has 0 saturated carbocycles. The van der Waals surface area contributed by atoms with Gasteiger partial charge in [0.05, 0.1) is 17.3 Å². The number of aryl methyl sites for hydroxylation is 1. The molecule has 3 rings (SSSR count). The molecule has 118 valence electrons. The molecule has 0 amide bonds. The molecule has 2 nitrogen and oxygen atoms in total. The zero-order chi connectivity index (χ0) is 16.4. The second-order valence-electron chi connectivity index (χ2n) is 5.21. The number of rotatable bonds is 4. The number of hydrogen-bond acceptors (Lipinski definition) is 2. The monoisotopic (exact) mass is 365 g/mol. The third-order valence-electron chi connectivity index (χ3n) is 3.50. The Morgan fingerprint density at radius 3 is 2.48 bits per heavy atom. The molecule has 3 aromatic rings.